The maximum Gasteiger partial charge on any atom is 0.243 e. The van der Waals surface area contributed by atoms with Crippen molar-refractivity contribution in [2.75, 3.05) is 19.3 Å². The number of rotatable bonds is 6. The van der Waals surface area contributed by atoms with Crippen LogP contribution in [0.15, 0.2) is 28.0 Å². The van der Waals surface area contributed by atoms with Crippen LogP contribution in [-0.2, 0) is 19.9 Å². The lowest BCUT2D eigenvalue weighted by Crippen LogP contribution is -2.27. The lowest BCUT2D eigenvalue weighted by atomic mass is 10.3. The zero-order chi connectivity index (χ0) is 14.7. The Bertz CT molecular complexity index is 656. The van der Waals surface area contributed by atoms with Crippen LogP contribution in [0.5, 0.6) is 0 Å². The number of sulfonamides is 1. The first-order chi connectivity index (χ1) is 8.68. The molecule has 6 nitrogen and oxygen atoms in total. The molecule has 0 amide bonds. The molecular weight excluding hydrogens is 295 g/mol. The molecule has 9 heteroatoms. The molecule has 0 aliphatic rings. The van der Waals surface area contributed by atoms with Gasteiger partial charge in [-0.3, -0.25) is 0 Å². The smallest absolute Gasteiger partial charge is 0.243 e. The molecule has 3 N–H and O–H groups in total. The van der Waals surface area contributed by atoms with Gasteiger partial charge in [-0.15, -0.1) is 0 Å². The Morgan fingerprint density at radius 2 is 1.89 bits per heavy atom. The molecule has 0 atom stereocenters. The van der Waals surface area contributed by atoms with Crippen molar-refractivity contribution in [3.05, 3.63) is 24.0 Å². The maximum absolute atomic E-state index is 13.5. The molecule has 1 aromatic carbocycles. The monoisotopic (exact) mass is 310 g/mol. The van der Waals surface area contributed by atoms with E-state index in [1.165, 1.54) is 0 Å². The minimum atomic E-state index is -4.09. The fourth-order valence-corrected chi connectivity index (χ4v) is 3.20. The molecule has 108 valence electrons. The molecular formula is C10H15FN2O4S2. The van der Waals surface area contributed by atoms with E-state index in [4.69, 9.17) is 5.73 Å². The summed E-state index contributed by atoms with van der Waals surface area (Å²) < 4.78 is 62.0. The van der Waals surface area contributed by atoms with Gasteiger partial charge in [0.25, 0.3) is 0 Å². The average Bonchev–Trinajstić information content (AvgIpc) is 2.27. The molecule has 1 rings (SSSR count). The maximum atomic E-state index is 13.5. The molecule has 0 unspecified atom stereocenters. The third-order valence-corrected chi connectivity index (χ3v) is 4.88. The Morgan fingerprint density at radius 1 is 1.26 bits per heavy atom. The molecule has 0 radical (unpaired) electrons. The van der Waals surface area contributed by atoms with Gasteiger partial charge < -0.3 is 5.73 Å². The van der Waals surface area contributed by atoms with Crippen LogP contribution in [0.4, 0.5) is 4.39 Å². The van der Waals surface area contributed by atoms with Crippen LogP contribution in [0.25, 0.3) is 0 Å². The van der Waals surface area contributed by atoms with Gasteiger partial charge in [-0.1, -0.05) is 0 Å². The highest BCUT2D eigenvalue weighted by Gasteiger charge is 2.21. The highest BCUT2D eigenvalue weighted by Crippen LogP contribution is 2.19. The zero-order valence-corrected chi connectivity index (χ0v) is 11.9. The van der Waals surface area contributed by atoms with Crippen molar-refractivity contribution >= 4 is 19.9 Å². The van der Waals surface area contributed by atoms with Crippen molar-refractivity contribution < 1.29 is 21.2 Å². The highest BCUT2D eigenvalue weighted by molar-refractivity contribution is 7.91. The van der Waals surface area contributed by atoms with E-state index in [2.05, 4.69) is 4.72 Å². The van der Waals surface area contributed by atoms with Crippen molar-refractivity contribution in [1.29, 1.82) is 0 Å². The third-order valence-electron chi connectivity index (χ3n) is 2.29. The fourth-order valence-electron chi connectivity index (χ4n) is 1.31. The minimum Gasteiger partial charge on any atom is -0.330 e. The van der Waals surface area contributed by atoms with E-state index in [1.807, 2.05) is 0 Å². The number of nitrogens with one attached hydrogen (secondary N) is 1. The summed E-state index contributed by atoms with van der Waals surface area (Å²) in [6.45, 7) is 0.343. The standard InChI is InChI=1S/C10H15FN2O4S2/c1-18(14,15)8-3-4-9(11)10(7-8)19(16,17)13-6-2-5-12/h3-4,7,13H,2,5-6,12H2,1H3. The van der Waals surface area contributed by atoms with E-state index in [0.29, 0.717) is 6.42 Å². The Kier molecular flexibility index (Phi) is 5.02. The number of benzene rings is 1. The van der Waals surface area contributed by atoms with E-state index in [9.17, 15) is 21.2 Å². The van der Waals surface area contributed by atoms with Crippen LogP contribution in [0.2, 0.25) is 0 Å². The van der Waals surface area contributed by atoms with Crippen molar-refractivity contribution in [3.8, 4) is 0 Å². The molecule has 0 saturated heterocycles. The normalized spacial score (nSPS) is 12.6. The molecule has 0 aromatic heterocycles. The lowest BCUT2D eigenvalue weighted by Gasteiger charge is -2.08. The van der Waals surface area contributed by atoms with Gasteiger partial charge >= 0.3 is 0 Å². The van der Waals surface area contributed by atoms with E-state index in [0.717, 1.165) is 24.5 Å². The Morgan fingerprint density at radius 3 is 2.42 bits per heavy atom. The van der Waals surface area contributed by atoms with E-state index >= 15 is 0 Å². The largest absolute Gasteiger partial charge is 0.330 e. The number of nitrogens with two attached hydrogens (primary N) is 1. The van der Waals surface area contributed by atoms with Crippen LogP contribution >= 0.6 is 0 Å². The van der Waals surface area contributed by atoms with Crippen LogP contribution in [0.3, 0.4) is 0 Å². The summed E-state index contributed by atoms with van der Waals surface area (Å²) in [7, 11) is -7.70. The molecule has 0 bridgehead atoms. The van der Waals surface area contributed by atoms with E-state index in [-0.39, 0.29) is 18.0 Å². The predicted molar refractivity (Wildman–Crippen MR) is 68.4 cm³/mol. The van der Waals surface area contributed by atoms with Crippen molar-refractivity contribution in [1.82, 2.24) is 4.72 Å². The quantitative estimate of drug-likeness (QED) is 0.562. The first kappa shape index (κ1) is 16.0. The van der Waals surface area contributed by atoms with Gasteiger partial charge in [0, 0.05) is 12.8 Å². The second-order valence-corrected chi connectivity index (χ2v) is 7.66. The van der Waals surface area contributed by atoms with Crippen molar-refractivity contribution in [3.63, 3.8) is 0 Å². The second kappa shape index (κ2) is 5.95. The SMILES string of the molecule is CS(=O)(=O)c1ccc(F)c(S(=O)(=O)NCCCN)c1. The summed E-state index contributed by atoms with van der Waals surface area (Å²) in [5.74, 6) is -1.01. The van der Waals surface area contributed by atoms with Gasteiger partial charge in [-0.05, 0) is 31.2 Å². The lowest BCUT2D eigenvalue weighted by molar-refractivity contribution is 0.554. The summed E-state index contributed by atoms with van der Waals surface area (Å²) in [6.07, 6.45) is 1.31. The summed E-state index contributed by atoms with van der Waals surface area (Å²) in [6, 6.07) is 2.63. The van der Waals surface area contributed by atoms with Crippen LogP contribution in [0, 0.1) is 5.82 Å². The number of halogens is 1. The summed E-state index contributed by atoms with van der Waals surface area (Å²) in [4.78, 5) is -0.944. The highest BCUT2D eigenvalue weighted by atomic mass is 32.2. The van der Waals surface area contributed by atoms with Gasteiger partial charge in [0.05, 0.1) is 4.90 Å². The Balaban J connectivity index is 3.19. The van der Waals surface area contributed by atoms with Crippen LogP contribution < -0.4 is 10.5 Å². The summed E-state index contributed by atoms with van der Waals surface area (Å²) >= 11 is 0. The fraction of sp³-hybridized carbons (Fsp3) is 0.400. The molecule has 0 heterocycles. The van der Waals surface area contributed by atoms with E-state index in [1.54, 1.807) is 0 Å². The first-order valence-electron chi connectivity index (χ1n) is 5.38. The van der Waals surface area contributed by atoms with Crippen LogP contribution in [-0.4, -0.2) is 36.2 Å². The Labute approximate surface area is 111 Å². The first-order valence-corrected chi connectivity index (χ1v) is 8.75. The summed E-state index contributed by atoms with van der Waals surface area (Å²) in [5, 5.41) is 0. The van der Waals surface area contributed by atoms with Crippen molar-refractivity contribution in [2.24, 2.45) is 5.73 Å². The van der Waals surface area contributed by atoms with Gasteiger partial charge in [0.2, 0.25) is 10.0 Å². The zero-order valence-electron chi connectivity index (χ0n) is 10.3. The number of sulfone groups is 1. The topological polar surface area (TPSA) is 106 Å². The van der Waals surface area contributed by atoms with Gasteiger partial charge in [0.1, 0.15) is 10.7 Å². The molecule has 0 spiro atoms. The Hall–Kier alpha value is -1.03. The molecule has 1 aromatic rings. The van der Waals surface area contributed by atoms with Gasteiger partial charge in [0.15, 0.2) is 9.84 Å². The molecule has 0 aliphatic carbocycles. The minimum absolute atomic E-state index is 0.0569. The van der Waals surface area contributed by atoms with Gasteiger partial charge in [-0.2, -0.15) is 0 Å². The summed E-state index contributed by atoms with van der Waals surface area (Å²) in [5.41, 5.74) is 5.22. The average molecular weight is 310 g/mol. The predicted octanol–water partition coefficient (Wildman–Crippen LogP) is -0.144. The molecule has 0 aliphatic heterocycles. The van der Waals surface area contributed by atoms with Crippen LogP contribution in [0.1, 0.15) is 6.42 Å². The van der Waals surface area contributed by atoms with E-state index < -0.39 is 30.6 Å². The van der Waals surface area contributed by atoms with Gasteiger partial charge in [-0.25, -0.2) is 25.9 Å². The van der Waals surface area contributed by atoms with Crippen molar-refractivity contribution in [2.45, 2.75) is 16.2 Å². The molecule has 0 fully saturated rings. The molecule has 19 heavy (non-hydrogen) atoms. The molecule has 0 saturated carbocycles. The number of hydrogen-bond acceptors (Lipinski definition) is 5. The third kappa shape index (κ3) is 4.23. The second-order valence-electron chi connectivity index (χ2n) is 3.90. The number of hydrogen-bond donors (Lipinski definition) is 2.